The number of esters is 1. The van der Waals surface area contributed by atoms with Crippen molar-refractivity contribution in [3.63, 3.8) is 0 Å². The Morgan fingerprint density at radius 1 is 1.23 bits per heavy atom. The molecule has 1 aromatic carbocycles. The van der Waals surface area contributed by atoms with Crippen LogP contribution in [0.5, 0.6) is 0 Å². The molecule has 6 nitrogen and oxygen atoms in total. The SMILES string of the molecule is CCCC(C)c1cc(C)c(C(=O)Nc2ccc(C(=O)OC)cc2)c(=O)o1. The van der Waals surface area contributed by atoms with Gasteiger partial charge in [-0.1, -0.05) is 20.3 Å². The Morgan fingerprint density at radius 2 is 1.88 bits per heavy atom. The number of anilines is 1. The van der Waals surface area contributed by atoms with Crippen molar-refractivity contribution in [2.45, 2.75) is 39.5 Å². The monoisotopic (exact) mass is 357 g/mol. The number of rotatable bonds is 6. The van der Waals surface area contributed by atoms with Crippen LogP contribution in [0.15, 0.2) is 39.5 Å². The molecule has 1 unspecified atom stereocenters. The van der Waals surface area contributed by atoms with E-state index in [1.54, 1.807) is 25.1 Å². The van der Waals surface area contributed by atoms with Gasteiger partial charge in [0.25, 0.3) is 5.91 Å². The Balaban J connectivity index is 2.22. The summed E-state index contributed by atoms with van der Waals surface area (Å²) in [6.07, 6.45) is 1.88. The van der Waals surface area contributed by atoms with Gasteiger partial charge in [-0.05, 0) is 49.2 Å². The van der Waals surface area contributed by atoms with E-state index in [1.165, 1.54) is 19.2 Å². The molecule has 1 aromatic heterocycles. The van der Waals surface area contributed by atoms with Crippen LogP contribution in [0.4, 0.5) is 5.69 Å². The van der Waals surface area contributed by atoms with E-state index in [0.717, 1.165) is 12.8 Å². The van der Waals surface area contributed by atoms with Crippen molar-refractivity contribution in [1.82, 2.24) is 0 Å². The maximum Gasteiger partial charge on any atom is 0.349 e. The summed E-state index contributed by atoms with van der Waals surface area (Å²) in [6, 6.07) is 7.95. The molecule has 0 fully saturated rings. The smallest absolute Gasteiger partial charge is 0.349 e. The second kappa shape index (κ2) is 8.47. The molecule has 0 radical (unpaired) electrons. The highest BCUT2D eigenvalue weighted by Crippen LogP contribution is 2.21. The van der Waals surface area contributed by atoms with Gasteiger partial charge in [-0.15, -0.1) is 0 Å². The van der Waals surface area contributed by atoms with Crippen molar-refractivity contribution in [3.8, 4) is 0 Å². The first-order valence-corrected chi connectivity index (χ1v) is 8.51. The lowest BCUT2D eigenvalue weighted by Gasteiger charge is -2.12. The van der Waals surface area contributed by atoms with Gasteiger partial charge in [-0.3, -0.25) is 4.79 Å². The molecule has 138 valence electrons. The lowest BCUT2D eigenvalue weighted by atomic mass is 10.0. The van der Waals surface area contributed by atoms with Gasteiger partial charge in [0.15, 0.2) is 0 Å². The first-order valence-electron chi connectivity index (χ1n) is 8.51. The van der Waals surface area contributed by atoms with E-state index >= 15 is 0 Å². The molecule has 0 aliphatic heterocycles. The first kappa shape index (κ1) is 19.4. The molecule has 0 aliphatic rings. The van der Waals surface area contributed by atoms with Gasteiger partial charge in [0.1, 0.15) is 11.3 Å². The van der Waals surface area contributed by atoms with Crippen LogP contribution in [-0.4, -0.2) is 19.0 Å². The van der Waals surface area contributed by atoms with Crippen molar-refractivity contribution in [2.24, 2.45) is 0 Å². The molecule has 0 bridgehead atoms. The molecule has 1 heterocycles. The molecule has 2 rings (SSSR count). The summed E-state index contributed by atoms with van der Waals surface area (Å²) in [6.45, 7) is 5.77. The van der Waals surface area contributed by atoms with Crippen molar-refractivity contribution in [1.29, 1.82) is 0 Å². The first-order chi connectivity index (χ1) is 12.4. The number of hydrogen-bond acceptors (Lipinski definition) is 5. The van der Waals surface area contributed by atoms with Crippen LogP contribution in [0, 0.1) is 6.92 Å². The number of methoxy groups -OCH3 is 1. The summed E-state index contributed by atoms with van der Waals surface area (Å²) in [4.78, 5) is 36.2. The second-order valence-electron chi connectivity index (χ2n) is 6.21. The van der Waals surface area contributed by atoms with Gasteiger partial charge in [0, 0.05) is 11.6 Å². The quantitative estimate of drug-likeness (QED) is 0.793. The molecule has 26 heavy (non-hydrogen) atoms. The topological polar surface area (TPSA) is 85.6 Å². The minimum Gasteiger partial charge on any atom is -0.465 e. The molecular formula is C20H23NO5. The Morgan fingerprint density at radius 3 is 2.42 bits per heavy atom. The van der Waals surface area contributed by atoms with Crippen LogP contribution in [-0.2, 0) is 4.74 Å². The van der Waals surface area contributed by atoms with Crippen molar-refractivity contribution in [3.05, 3.63) is 63.2 Å². The number of aryl methyl sites for hydroxylation is 1. The van der Waals surface area contributed by atoms with E-state index in [4.69, 9.17) is 4.42 Å². The number of benzene rings is 1. The molecule has 0 saturated carbocycles. The zero-order chi connectivity index (χ0) is 19.3. The summed E-state index contributed by atoms with van der Waals surface area (Å²) in [7, 11) is 1.30. The number of hydrogen-bond donors (Lipinski definition) is 1. The predicted molar refractivity (Wildman–Crippen MR) is 98.8 cm³/mol. The van der Waals surface area contributed by atoms with E-state index in [2.05, 4.69) is 17.0 Å². The van der Waals surface area contributed by atoms with Crippen LogP contribution < -0.4 is 10.9 Å². The highest BCUT2D eigenvalue weighted by atomic mass is 16.5. The van der Waals surface area contributed by atoms with E-state index in [-0.39, 0.29) is 11.5 Å². The van der Waals surface area contributed by atoms with Crippen molar-refractivity contribution in [2.75, 3.05) is 12.4 Å². The largest absolute Gasteiger partial charge is 0.465 e. The van der Waals surface area contributed by atoms with E-state index in [0.29, 0.717) is 22.6 Å². The van der Waals surface area contributed by atoms with E-state index in [9.17, 15) is 14.4 Å². The van der Waals surface area contributed by atoms with Crippen LogP contribution in [0.3, 0.4) is 0 Å². The number of carbonyl (C=O) groups is 2. The average molecular weight is 357 g/mol. The van der Waals surface area contributed by atoms with Gasteiger partial charge in [-0.25, -0.2) is 9.59 Å². The number of amides is 1. The van der Waals surface area contributed by atoms with Crippen molar-refractivity contribution >= 4 is 17.6 Å². The fourth-order valence-corrected chi connectivity index (χ4v) is 2.73. The van der Waals surface area contributed by atoms with Crippen LogP contribution in [0.2, 0.25) is 0 Å². The van der Waals surface area contributed by atoms with Gasteiger partial charge >= 0.3 is 11.6 Å². The molecule has 1 amide bonds. The normalized spacial score (nSPS) is 11.7. The predicted octanol–water partition coefficient (Wildman–Crippen LogP) is 3.89. The lowest BCUT2D eigenvalue weighted by Crippen LogP contribution is -2.23. The maximum absolute atomic E-state index is 12.5. The fourth-order valence-electron chi connectivity index (χ4n) is 2.73. The Bertz CT molecular complexity index is 851. The van der Waals surface area contributed by atoms with Gasteiger partial charge in [0.05, 0.1) is 12.7 Å². The average Bonchev–Trinajstić information content (AvgIpc) is 2.61. The summed E-state index contributed by atoms with van der Waals surface area (Å²) in [5, 5.41) is 2.65. The zero-order valence-electron chi connectivity index (χ0n) is 15.4. The van der Waals surface area contributed by atoms with E-state index in [1.807, 2.05) is 6.92 Å². The number of carbonyl (C=O) groups excluding carboxylic acids is 2. The Kier molecular flexibility index (Phi) is 6.33. The zero-order valence-corrected chi connectivity index (χ0v) is 15.4. The molecule has 0 saturated heterocycles. The van der Waals surface area contributed by atoms with E-state index < -0.39 is 17.5 Å². The molecule has 0 aliphatic carbocycles. The van der Waals surface area contributed by atoms with Crippen LogP contribution in [0.1, 0.15) is 64.6 Å². The maximum atomic E-state index is 12.5. The second-order valence-corrected chi connectivity index (χ2v) is 6.21. The number of nitrogens with one attached hydrogen (secondary N) is 1. The summed E-state index contributed by atoms with van der Waals surface area (Å²) < 4.78 is 9.98. The molecule has 1 atom stereocenters. The Labute approximate surface area is 152 Å². The van der Waals surface area contributed by atoms with Gasteiger partial charge < -0.3 is 14.5 Å². The highest BCUT2D eigenvalue weighted by Gasteiger charge is 2.19. The molecule has 1 N–H and O–H groups in total. The highest BCUT2D eigenvalue weighted by molar-refractivity contribution is 6.05. The standard InChI is InChI=1S/C20H23NO5/c1-5-6-12(2)16-11-13(3)17(20(24)26-16)18(22)21-15-9-7-14(8-10-15)19(23)25-4/h7-12H,5-6H2,1-4H3,(H,21,22). The molecule has 2 aromatic rings. The Hall–Kier alpha value is -2.89. The van der Waals surface area contributed by atoms with Crippen LogP contribution >= 0.6 is 0 Å². The summed E-state index contributed by atoms with van der Waals surface area (Å²) in [5.74, 6) is -0.296. The van der Waals surface area contributed by atoms with Crippen molar-refractivity contribution < 1.29 is 18.7 Å². The van der Waals surface area contributed by atoms with Crippen LogP contribution in [0.25, 0.3) is 0 Å². The molecular weight excluding hydrogens is 334 g/mol. The fraction of sp³-hybridized carbons (Fsp3) is 0.350. The van der Waals surface area contributed by atoms with Gasteiger partial charge in [-0.2, -0.15) is 0 Å². The molecule has 0 spiro atoms. The summed E-state index contributed by atoms with van der Waals surface area (Å²) in [5.41, 5.74) is 0.740. The third kappa shape index (κ3) is 4.39. The molecule has 6 heteroatoms. The minimum absolute atomic E-state index is 0.0190. The van der Waals surface area contributed by atoms with Gasteiger partial charge in [0.2, 0.25) is 0 Å². The third-order valence-corrected chi connectivity index (χ3v) is 4.17. The third-order valence-electron chi connectivity index (χ3n) is 4.17. The number of ether oxygens (including phenoxy) is 1. The lowest BCUT2D eigenvalue weighted by molar-refractivity contribution is 0.0600. The minimum atomic E-state index is -0.647. The summed E-state index contributed by atoms with van der Waals surface area (Å²) >= 11 is 0.